The van der Waals surface area contributed by atoms with Crippen LogP contribution in [0, 0.1) is 5.92 Å². The molecule has 2 aromatic carbocycles. The molecule has 1 aliphatic carbocycles. The summed E-state index contributed by atoms with van der Waals surface area (Å²) in [5.41, 5.74) is 3.34. The minimum Gasteiger partial charge on any atom is -0.490 e. The Balaban J connectivity index is 1.54. The van der Waals surface area contributed by atoms with Crippen LogP contribution >= 0.6 is 0 Å². The fourth-order valence-electron chi connectivity index (χ4n) is 5.63. The van der Waals surface area contributed by atoms with E-state index in [9.17, 15) is 9.90 Å². The first kappa shape index (κ1) is 24.6. The molecule has 0 amide bonds. The van der Waals surface area contributed by atoms with Crippen molar-refractivity contribution < 1.29 is 24.1 Å². The number of rotatable bonds is 9. The molecule has 2 aliphatic rings. The lowest BCUT2D eigenvalue weighted by Crippen LogP contribution is -2.53. The van der Waals surface area contributed by atoms with E-state index >= 15 is 0 Å². The molecule has 1 saturated carbocycles. The largest absolute Gasteiger partial charge is 0.490 e. The number of nitrogens with zero attached hydrogens (tertiary/aromatic N) is 1. The topological polar surface area (TPSA) is 68.2 Å². The summed E-state index contributed by atoms with van der Waals surface area (Å²) in [7, 11) is 0. The number of benzene rings is 2. The number of carbonyl (C=O) groups is 1. The second kappa shape index (κ2) is 11.2. The van der Waals surface area contributed by atoms with E-state index in [1.807, 2.05) is 44.2 Å². The number of aliphatic hydroxyl groups excluding tert-OH is 1. The number of aliphatic hydroxyl groups is 1. The Morgan fingerprint density at radius 3 is 2.38 bits per heavy atom. The number of hydrogen-bond donors (Lipinski definition) is 1. The first-order chi connectivity index (χ1) is 16.6. The van der Waals surface area contributed by atoms with E-state index in [-0.39, 0.29) is 24.0 Å². The van der Waals surface area contributed by atoms with Crippen molar-refractivity contribution in [3.63, 3.8) is 0 Å². The SMILES string of the molecule is CCOc1cc2c(cc1OCC)[C@]1(CC[C@H](C(=O)OCc3ccccc3)CC1)N(CCO)CC2. The molecule has 0 aromatic heterocycles. The molecule has 2 aromatic rings. The van der Waals surface area contributed by atoms with Gasteiger partial charge in [-0.3, -0.25) is 9.69 Å². The lowest BCUT2D eigenvalue weighted by molar-refractivity contribution is -0.152. The van der Waals surface area contributed by atoms with Crippen LogP contribution < -0.4 is 9.47 Å². The summed E-state index contributed by atoms with van der Waals surface area (Å²) in [6.45, 7) is 7.08. The summed E-state index contributed by atoms with van der Waals surface area (Å²) < 4.78 is 17.5. The Hall–Kier alpha value is -2.57. The molecule has 0 bridgehead atoms. The molecule has 34 heavy (non-hydrogen) atoms. The van der Waals surface area contributed by atoms with E-state index in [2.05, 4.69) is 17.0 Å². The van der Waals surface area contributed by atoms with Gasteiger partial charge in [0.1, 0.15) is 6.61 Å². The maximum atomic E-state index is 12.8. The minimum absolute atomic E-state index is 0.0928. The predicted molar refractivity (Wildman–Crippen MR) is 131 cm³/mol. The maximum absolute atomic E-state index is 12.8. The normalized spacial score (nSPS) is 22.3. The summed E-state index contributed by atoms with van der Waals surface area (Å²) in [5.74, 6) is 1.37. The maximum Gasteiger partial charge on any atom is 0.309 e. The van der Waals surface area contributed by atoms with Gasteiger partial charge < -0.3 is 19.3 Å². The van der Waals surface area contributed by atoms with Crippen LogP contribution in [0.2, 0.25) is 0 Å². The summed E-state index contributed by atoms with van der Waals surface area (Å²) >= 11 is 0. The van der Waals surface area contributed by atoms with E-state index in [0.717, 1.165) is 55.7 Å². The van der Waals surface area contributed by atoms with E-state index in [0.29, 0.717) is 26.4 Å². The van der Waals surface area contributed by atoms with Crippen LogP contribution in [0.15, 0.2) is 42.5 Å². The molecule has 0 saturated heterocycles. The molecule has 4 rings (SSSR count). The molecule has 0 unspecified atom stereocenters. The summed E-state index contributed by atoms with van der Waals surface area (Å²) in [6, 6.07) is 14.1. The zero-order valence-corrected chi connectivity index (χ0v) is 20.4. The van der Waals surface area contributed by atoms with Gasteiger partial charge in [0.05, 0.1) is 25.7 Å². The van der Waals surface area contributed by atoms with Crippen molar-refractivity contribution in [1.82, 2.24) is 4.90 Å². The standard InChI is InChI=1S/C28H37NO5/c1-3-32-25-18-23-12-15-29(16-17-30)28(24(23)19-26(25)33-4-2)13-10-22(11-14-28)27(31)34-20-21-8-6-5-7-9-21/h5-9,18-19,22,30H,3-4,10-17,20H2,1-2H3/t22-,28+. The van der Waals surface area contributed by atoms with Gasteiger partial charge in [0.2, 0.25) is 0 Å². The fraction of sp³-hybridized carbons (Fsp3) is 0.536. The van der Waals surface area contributed by atoms with Crippen molar-refractivity contribution in [3.05, 3.63) is 59.2 Å². The van der Waals surface area contributed by atoms with Crippen LogP contribution in [0.1, 0.15) is 56.2 Å². The highest BCUT2D eigenvalue weighted by atomic mass is 16.5. The third-order valence-corrected chi connectivity index (χ3v) is 7.27. The van der Waals surface area contributed by atoms with E-state index in [1.165, 1.54) is 11.1 Å². The summed E-state index contributed by atoms with van der Waals surface area (Å²) in [6.07, 6.45) is 4.15. The van der Waals surface area contributed by atoms with Crippen molar-refractivity contribution in [1.29, 1.82) is 0 Å². The second-order valence-corrected chi connectivity index (χ2v) is 9.18. The highest BCUT2D eigenvalue weighted by Crippen LogP contribution is 2.50. The van der Waals surface area contributed by atoms with Gasteiger partial charge in [0.15, 0.2) is 11.5 Å². The van der Waals surface area contributed by atoms with Crippen LogP contribution in [0.5, 0.6) is 11.5 Å². The molecule has 6 nitrogen and oxygen atoms in total. The smallest absolute Gasteiger partial charge is 0.309 e. The molecule has 1 spiro atoms. The highest BCUT2D eigenvalue weighted by molar-refractivity contribution is 5.72. The molecule has 6 heteroatoms. The summed E-state index contributed by atoms with van der Waals surface area (Å²) in [4.78, 5) is 15.3. The number of β-amino-alcohol motifs (C(OH)–C–C–N with tert-alkyl or cyclic N) is 1. The number of fused-ring (bicyclic) bond motifs is 2. The Morgan fingerprint density at radius 2 is 1.74 bits per heavy atom. The number of ether oxygens (including phenoxy) is 3. The minimum atomic E-state index is -0.205. The van der Waals surface area contributed by atoms with Crippen LogP contribution in [0.3, 0.4) is 0 Å². The van der Waals surface area contributed by atoms with Crippen molar-refractivity contribution in [2.45, 2.75) is 58.1 Å². The Kier molecular flexibility index (Phi) is 8.11. The van der Waals surface area contributed by atoms with Crippen LogP contribution in [0.25, 0.3) is 0 Å². The average Bonchev–Trinajstić information content (AvgIpc) is 2.86. The van der Waals surface area contributed by atoms with Gasteiger partial charge in [-0.2, -0.15) is 0 Å². The van der Waals surface area contributed by atoms with Crippen molar-refractivity contribution in [3.8, 4) is 11.5 Å². The van der Waals surface area contributed by atoms with Gasteiger partial charge >= 0.3 is 5.97 Å². The Labute approximate surface area is 202 Å². The first-order valence-corrected chi connectivity index (χ1v) is 12.6. The molecule has 184 valence electrons. The molecule has 1 heterocycles. The molecule has 0 radical (unpaired) electrons. The van der Waals surface area contributed by atoms with Gasteiger partial charge in [-0.05, 0) is 74.8 Å². The molecular formula is C28H37NO5. The lowest BCUT2D eigenvalue weighted by Gasteiger charge is -2.51. The molecule has 0 atom stereocenters. The zero-order chi connectivity index (χ0) is 24.0. The van der Waals surface area contributed by atoms with E-state index < -0.39 is 0 Å². The van der Waals surface area contributed by atoms with Gasteiger partial charge in [0, 0.05) is 18.6 Å². The molecular weight excluding hydrogens is 430 g/mol. The quantitative estimate of drug-likeness (QED) is 0.549. The van der Waals surface area contributed by atoms with Crippen LogP contribution in [-0.4, -0.2) is 48.9 Å². The Bertz CT molecular complexity index is 953. The van der Waals surface area contributed by atoms with E-state index in [1.54, 1.807) is 0 Å². The number of hydrogen-bond acceptors (Lipinski definition) is 6. The zero-order valence-electron chi connectivity index (χ0n) is 20.4. The van der Waals surface area contributed by atoms with Gasteiger partial charge in [-0.15, -0.1) is 0 Å². The van der Waals surface area contributed by atoms with Crippen molar-refractivity contribution in [2.75, 3.05) is 32.9 Å². The average molecular weight is 468 g/mol. The monoisotopic (exact) mass is 467 g/mol. The molecule has 1 N–H and O–H groups in total. The number of carbonyl (C=O) groups excluding carboxylic acids is 1. The Morgan fingerprint density at radius 1 is 1.06 bits per heavy atom. The highest BCUT2D eigenvalue weighted by Gasteiger charge is 2.46. The molecule has 1 fully saturated rings. The number of esters is 1. The third-order valence-electron chi connectivity index (χ3n) is 7.27. The van der Waals surface area contributed by atoms with Gasteiger partial charge in [0.25, 0.3) is 0 Å². The fourth-order valence-corrected chi connectivity index (χ4v) is 5.63. The molecule has 1 aliphatic heterocycles. The first-order valence-electron chi connectivity index (χ1n) is 12.6. The van der Waals surface area contributed by atoms with Crippen molar-refractivity contribution in [2.24, 2.45) is 5.92 Å². The lowest BCUT2D eigenvalue weighted by atomic mass is 9.68. The van der Waals surface area contributed by atoms with Crippen LogP contribution in [-0.2, 0) is 28.1 Å². The summed E-state index contributed by atoms with van der Waals surface area (Å²) in [5, 5.41) is 9.79. The predicted octanol–water partition coefficient (Wildman–Crippen LogP) is 4.46. The van der Waals surface area contributed by atoms with Gasteiger partial charge in [-0.1, -0.05) is 30.3 Å². The van der Waals surface area contributed by atoms with Gasteiger partial charge in [-0.25, -0.2) is 0 Å². The van der Waals surface area contributed by atoms with E-state index in [4.69, 9.17) is 14.2 Å². The third kappa shape index (κ3) is 5.08. The van der Waals surface area contributed by atoms with Crippen molar-refractivity contribution >= 4 is 5.97 Å². The second-order valence-electron chi connectivity index (χ2n) is 9.18. The van der Waals surface area contributed by atoms with Crippen LogP contribution in [0.4, 0.5) is 0 Å².